The average Bonchev–Trinajstić information content (AvgIpc) is 3.06. The molecule has 0 atom stereocenters. The first-order chi connectivity index (χ1) is 14.5. The minimum absolute atomic E-state index is 0.117. The van der Waals surface area contributed by atoms with Crippen LogP contribution in [0.3, 0.4) is 0 Å². The second-order valence-electron chi connectivity index (χ2n) is 6.42. The third-order valence-corrected chi connectivity index (χ3v) is 4.39. The molecule has 7 nitrogen and oxygen atoms in total. The van der Waals surface area contributed by atoms with Gasteiger partial charge in [0.15, 0.2) is 12.4 Å². The smallest absolute Gasteiger partial charge is 0.344 e. The van der Waals surface area contributed by atoms with Crippen molar-refractivity contribution in [3.05, 3.63) is 65.4 Å². The molecule has 2 aromatic carbocycles. The van der Waals surface area contributed by atoms with Crippen LogP contribution in [0.4, 0.5) is 0 Å². The van der Waals surface area contributed by atoms with E-state index in [9.17, 15) is 9.59 Å². The lowest BCUT2D eigenvalue weighted by Crippen LogP contribution is -2.14. The number of carbonyl (C=O) groups excluding carboxylic acids is 2. The van der Waals surface area contributed by atoms with Crippen LogP contribution in [0.5, 0.6) is 23.0 Å². The van der Waals surface area contributed by atoms with E-state index in [2.05, 4.69) is 6.58 Å². The van der Waals surface area contributed by atoms with Gasteiger partial charge in [-0.3, -0.25) is 4.79 Å². The maximum Gasteiger partial charge on any atom is 0.344 e. The fourth-order valence-electron chi connectivity index (χ4n) is 2.98. The zero-order chi connectivity index (χ0) is 21.7. The minimum Gasteiger partial charge on any atom is -0.497 e. The molecule has 0 unspecified atom stereocenters. The number of aryl methyl sites for hydroxylation is 1. The molecule has 0 fully saturated rings. The standard InChI is InChI=1S/C23H22O7/c1-5-8-28-21(24)13-29-17-9-14(2)22-19(12-17)30-20(23(22)25)10-15-6-7-16(26-3)11-18(15)27-4/h5-7,9-12H,1,8,13H2,2-4H3/b20-10-. The van der Waals surface area contributed by atoms with Crippen molar-refractivity contribution in [3.63, 3.8) is 0 Å². The van der Waals surface area contributed by atoms with Gasteiger partial charge < -0.3 is 23.7 Å². The van der Waals surface area contributed by atoms with Gasteiger partial charge in [0.2, 0.25) is 5.78 Å². The van der Waals surface area contributed by atoms with Crippen molar-refractivity contribution in [2.45, 2.75) is 6.92 Å². The van der Waals surface area contributed by atoms with Crippen molar-refractivity contribution in [2.75, 3.05) is 27.4 Å². The number of hydrogen-bond donors (Lipinski definition) is 0. The van der Waals surface area contributed by atoms with Gasteiger partial charge in [0.05, 0.1) is 19.8 Å². The van der Waals surface area contributed by atoms with E-state index in [0.29, 0.717) is 39.7 Å². The summed E-state index contributed by atoms with van der Waals surface area (Å²) in [5.41, 5.74) is 1.81. The van der Waals surface area contributed by atoms with Crippen molar-refractivity contribution in [1.29, 1.82) is 0 Å². The Bertz CT molecular complexity index is 1020. The van der Waals surface area contributed by atoms with Crippen LogP contribution in [-0.4, -0.2) is 39.2 Å². The van der Waals surface area contributed by atoms with Crippen LogP contribution in [-0.2, 0) is 9.53 Å². The maximum atomic E-state index is 12.9. The lowest BCUT2D eigenvalue weighted by atomic mass is 10.0. The first-order valence-corrected chi connectivity index (χ1v) is 9.17. The van der Waals surface area contributed by atoms with E-state index in [4.69, 9.17) is 23.7 Å². The van der Waals surface area contributed by atoms with Gasteiger partial charge in [0.25, 0.3) is 0 Å². The Balaban J connectivity index is 1.82. The van der Waals surface area contributed by atoms with Crippen LogP contribution < -0.4 is 18.9 Å². The Kier molecular flexibility index (Phi) is 6.41. The summed E-state index contributed by atoms with van der Waals surface area (Å²) >= 11 is 0. The number of carbonyl (C=O) groups is 2. The predicted octanol–water partition coefficient (Wildman–Crippen LogP) is 3.74. The van der Waals surface area contributed by atoms with Gasteiger partial charge >= 0.3 is 5.97 Å². The van der Waals surface area contributed by atoms with E-state index in [1.165, 1.54) is 13.2 Å². The van der Waals surface area contributed by atoms with Crippen molar-refractivity contribution >= 4 is 17.8 Å². The monoisotopic (exact) mass is 410 g/mol. The van der Waals surface area contributed by atoms with E-state index in [1.807, 2.05) is 0 Å². The average molecular weight is 410 g/mol. The van der Waals surface area contributed by atoms with Gasteiger partial charge in [-0.15, -0.1) is 0 Å². The molecular formula is C23H22O7. The molecule has 1 aliphatic heterocycles. The van der Waals surface area contributed by atoms with Gasteiger partial charge in [-0.05, 0) is 36.8 Å². The molecule has 30 heavy (non-hydrogen) atoms. The van der Waals surface area contributed by atoms with E-state index in [-0.39, 0.29) is 24.8 Å². The number of allylic oxidation sites excluding steroid dienone is 1. The maximum absolute atomic E-state index is 12.9. The Morgan fingerprint density at radius 1 is 1.13 bits per heavy atom. The van der Waals surface area contributed by atoms with Crippen LogP contribution in [0.1, 0.15) is 21.5 Å². The number of ether oxygens (including phenoxy) is 5. The Hall–Kier alpha value is -3.74. The molecular weight excluding hydrogens is 388 g/mol. The molecule has 0 bridgehead atoms. The molecule has 0 radical (unpaired) electrons. The highest BCUT2D eigenvalue weighted by Crippen LogP contribution is 2.38. The summed E-state index contributed by atoms with van der Waals surface area (Å²) in [6, 6.07) is 8.52. The SMILES string of the molecule is C=CCOC(=O)COc1cc(C)c2c(c1)O/C(=C\c1ccc(OC)cc1OC)C2=O. The predicted molar refractivity (Wildman–Crippen MR) is 110 cm³/mol. The number of Topliss-reactive ketones (excluding diaryl/α,β-unsaturated/α-hetero) is 1. The number of rotatable bonds is 8. The van der Waals surface area contributed by atoms with Crippen molar-refractivity contribution in [1.82, 2.24) is 0 Å². The van der Waals surface area contributed by atoms with E-state index < -0.39 is 5.97 Å². The largest absolute Gasteiger partial charge is 0.497 e. The molecule has 1 aliphatic rings. The van der Waals surface area contributed by atoms with E-state index >= 15 is 0 Å². The van der Waals surface area contributed by atoms with Crippen LogP contribution in [0.2, 0.25) is 0 Å². The molecule has 0 aliphatic carbocycles. The molecule has 0 amide bonds. The van der Waals surface area contributed by atoms with Gasteiger partial charge in [0.1, 0.15) is 29.6 Å². The summed E-state index contributed by atoms with van der Waals surface area (Å²) in [7, 11) is 3.10. The normalized spacial score (nSPS) is 13.4. The Morgan fingerprint density at radius 2 is 1.93 bits per heavy atom. The number of benzene rings is 2. The van der Waals surface area contributed by atoms with Crippen LogP contribution in [0.25, 0.3) is 6.08 Å². The number of ketones is 1. The third kappa shape index (κ3) is 4.46. The molecule has 0 spiro atoms. The fraction of sp³-hybridized carbons (Fsp3) is 0.217. The molecule has 0 saturated heterocycles. The summed E-state index contributed by atoms with van der Waals surface area (Å²) in [6.45, 7) is 5.12. The Labute approximate surface area is 174 Å². The third-order valence-electron chi connectivity index (χ3n) is 4.39. The highest BCUT2D eigenvalue weighted by molar-refractivity contribution is 6.15. The number of methoxy groups -OCH3 is 2. The Morgan fingerprint density at radius 3 is 2.63 bits per heavy atom. The summed E-state index contributed by atoms with van der Waals surface area (Å²) in [6.07, 6.45) is 3.09. The summed E-state index contributed by atoms with van der Waals surface area (Å²) in [4.78, 5) is 24.5. The molecule has 0 aromatic heterocycles. The minimum atomic E-state index is -0.516. The molecule has 1 heterocycles. The van der Waals surface area contributed by atoms with Gasteiger partial charge in [-0.25, -0.2) is 4.79 Å². The van der Waals surface area contributed by atoms with Crippen LogP contribution in [0.15, 0.2) is 48.7 Å². The second-order valence-corrected chi connectivity index (χ2v) is 6.42. The molecule has 2 aromatic rings. The van der Waals surface area contributed by atoms with Gasteiger partial charge in [0, 0.05) is 17.7 Å². The van der Waals surface area contributed by atoms with Crippen LogP contribution in [0, 0.1) is 6.92 Å². The lowest BCUT2D eigenvalue weighted by molar-refractivity contribution is -0.144. The first kappa shape index (κ1) is 21.0. The molecule has 7 heteroatoms. The summed E-state index contributed by atoms with van der Waals surface area (Å²) in [5.74, 6) is 1.37. The number of esters is 1. The number of fused-ring (bicyclic) bond motifs is 1. The van der Waals surface area contributed by atoms with Gasteiger partial charge in [-0.1, -0.05) is 12.7 Å². The second kappa shape index (κ2) is 9.17. The zero-order valence-electron chi connectivity index (χ0n) is 17.0. The van der Waals surface area contributed by atoms with E-state index in [1.54, 1.807) is 50.4 Å². The molecule has 0 N–H and O–H groups in total. The zero-order valence-corrected chi connectivity index (χ0v) is 17.0. The summed E-state index contributed by atoms with van der Waals surface area (Å²) < 4.78 is 26.7. The number of hydrogen-bond acceptors (Lipinski definition) is 7. The van der Waals surface area contributed by atoms with E-state index in [0.717, 1.165) is 0 Å². The highest BCUT2D eigenvalue weighted by atomic mass is 16.6. The molecule has 3 rings (SSSR count). The molecule has 156 valence electrons. The lowest BCUT2D eigenvalue weighted by Gasteiger charge is -2.09. The van der Waals surface area contributed by atoms with Crippen molar-refractivity contribution < 1.29 is 33.3 Å². The van der Waals surface area contributed by atoms with Crippen molar-refractivity contribution in [2.24, 2.45) is 0 Å². The van der Waals surface area contributed by atoms with Crippen molar-refractivity contribution in [3.8, 4) is 23.0 Å². The summed E-state index contributed by atoms with van der Waals surface area (Å²) in [5, 5.41) is 0. The van der Waals surface area contributed by atoms with Gasteiger partial charge in [-0.2, -0.15) is 0 Å². The topological polar surface area (TPSA) is 80.3 Å². The fourth-order valence-corrected chi connectivity index (χ4v) is 2.98. The first-order valence-electron chi connectivity index (χ1n) is 9.17. The molecule has 0 saturated carbocycles. The quantitative estimate of drug-likeness (QED) is 0.373. The highest BCUT2D eigenvalue weighted by Gasteiger charge is 2.30. The van der Waals surface area contributed by atoms with Crippen LogP contribution >= 0.6 is 0 Å².